The summed E-state index contributed by atoms with van der Waals surface area (Å²) in [4.78, 5) is 15.7. The van der Waals surface area contributed by atoms with E-state index in [9.17, 15) is 4.79 Å². The molecule has 2 aromatic rings. The van der Waals surface area contributed by atoms with E-state index in [1.165, 1.54) is 11.3 Å². The fraction of sp³-hybridized carbons (Fsp3) is 0.200. The monoisotopic (exact) mass is 256 g/mol. The van der Waals surface area contributed by atoms with Gasteiger partial charge in [0.15, 0.2) is 5.76 Å². The van der Waals surface area contributed by atoms with Crippen molar-refractivity contribution in [2.75, 3.05) is 0 Å². The van der Waals surface area contributed by atoms with Gasteiger partial charge in [-0.15, -0.1) is 22.9 Å². The minimum absolute atomic E-state index is 0.258. The van der Waals surface area contributed by atoms with Crippen LogP contribution in [-0.4, -0.2) is 10.9 Å². The van der Waals surface area contributed by atoms with Gasteiger partial charge in [-0.1, -0.05) is 0 Å². The summed E-state index contributed by atoms with van der Waals surface area (Å²) in [7, 11) is 0. The summed E-state index contributed by atoms with van der Waals surface area (Å²) < 4.78 is 5.20. The summed E-state index contributed by atoms with van der Waals surface area (Å²) in [6, 6.07) is 3.29. The van der Waals surface area contributed by atoms with Gasteiger partial charge in [-0.2, -0.15) is 0 Å². The van der Waals surface area contributed by atoms with Crippen LogP contribution in [0.3, 0.4) is 0 Å². The molecule has 2 rings (SSSR count). The Morgan fingerprint density at radius 2 is 2.44 bits per heavy atom. The lowest BCUT2D eigenvalue weighted by Crippen LogP contribution is -2.22. The van der Waals surface area contributed by atoms with Gasteiger partial charge < -0.3 is 9.73 Å². The molecular formula is C10H9ClN2O2S. The first-order valence-electron chi connectivity index (χ1n) is 4.61. The molecule has 1 N–H and O–H groups in total. The van der Waals surface area contributed by atoms with E-state index in [2.05, 4.69) is 10.3 Å². The maximum Gasteiger partial charge on any atom is 0.287 e. The van der Waals surface area contributed by atoms with E-state index >= 15 is 0 Å². The van der Waals surface area contributed by atoms with Crippen molar-refractivity contribution < 1.29 is 9.21 Å². The molecule has 2 aromatic heterocycles. The van der Waals surface area contributed by atoms with Crippen molar-refractivity contribution in [3.8, 4) is 0 Å². The van der Waals surface area contributed by atoms with Crippen LogP contribution in [0.2, 0.25) is 0 Å². The van der Waals surface area contributed by atoms with Crippen molar-refractivity contribution in [3.05, 3.63) is 40.2 Å². The van der Waals surface area contributed by atoms with E-state index in [0.29, 0.717) is 12.3 Å². The highest BCUT2D eigenvalue weighted by Gasteiger charge is 2.10. The number of halogens is 1. The fourth-order valence-corrected chi connectivity index (χ4v) is 1.85. The number of hydrogen-bond donors (Lipinski definition) is 1. The molecule has 16 heavy (non-hydrogen) atoms. The van der Waals surface area contributed by atoms with Gasteiger partial charge in [0.2, 0.25) is 0 Å². The quantitative estimate of drug-likeness (QED) is 0.855. The van der Waals surface area contributed by atoms with Crippen molar-refractivity contribution in [3.63, 3.8) is 0 Å². The second-order valence-corrected chi connectivity index (χ2v) is 4.25. The van der Waals surface area contributed by atoms with E-state index in [1.807, 2.05) is 5.38 Å². The van der Waals surface area contributed by atoms with Gasteiger partial charge >= 0.3 is 0 Å². The van der Waals surface area contributed by atoms with Gasteiger partial charge in [0.1, 0.15) is 10.8 Å². The van der Waals surface area contributed by atoms with Gasteiger partial charge in [0, 0.05) is 11.6 Å². The van der Waals surface area contributed by atoms with Gasteiger partial charge in [-0.3, -0.25) is 4.79 Å². The average Bonchev–Trinajstić information content (AvgIpc) is 2.96. The number of amides is 1. The maximum absolute atomic E-state index is 11.6. The highest BCUT2D eigenvalue weighted by molar-refractivity contribution is 7.09. The Morgan fingerprint density at radius 3 is 3.06 bits per heavy atom. The molecule has 0 saturated carbocycles. The Kier molecular flexibility index (Phi) is 3.58. The molecule has 6 heteroatoms. The molecule has 84 valence electrons. The minimum Gasteiger partial charge on any atom is -0.455 e. The Labute approximate surface area is 101 Å². The van der Waals surface area contributed by atoms with E-state index in [1.54, 1.807) is 18.3 Å². The average molecular weight is 257 g/mol. The first-order valence-corrected chi connectivity index (χ1v) is 6.02. The molecule has 0 radical (unpaired) electrons. The van der Waals surface area contributed by atoms with Crippen LogP contribution >= 0.6 is 22.9 Å². The van der Waals surface area contributed by atoms with E-state index in [-0.39, 0.29) is 17.5 Å². The second kappa shape index (κ2) is 5.14. The van der Waals surface area contributed by atoms with Crippen LogP contribution in [0, 0.1) is 0 Å². The standard InChI is InChI=1S/C10H9ClN2O2S/c11-5-7-1-2-8(15-7)10(14)13-6-9-12-3-4-16-9/h1-4H,5-6H2,(H,13,14). The lowest BCUT2D eigenvalue weighted by molar-refractivity contribution is 0.0921. The first kappa shape index (κ1) is 11.2. The Bertz CT molecular complexity index is 467. The molecule has 0 atom stereocenters. The predicted molar refractivity (Wildman–Crippen MR) is 61.5 cm³/mol. The molecule has 0 saturated heterocycles. The van der Waals surface area contributed by atoms with Crippen LogP contribution < -0.4 is 5.32 Å². The molecule has 0 unspecified atom stereocenters. The zero-order chi connectivity index (χ0) is 11.4. The highest BCUT2D eigenvalue weighted by atomic mass is 35.5. The number of nitrogens with zero attached hydrogens (tertiary/aromatic N) is 1. The molecule has 2 heterocycles. The van der Waals surface area contributed by atoms with E-state index in [0.717, 1.165) is 5.01 Å². The largest absolute Gasteiger partial charge is 0.455 e. The summed E-state index contributed by atoms with van der Waals surface area (Å²) in [6.07, 6.45) is 1.70. The van der Waals surface area contributed by atoms with Gasteiger partial charge in [0.05, 0.1) is 12.4 Å². The van der Waals surface area contributed by atoms with Gasteiger partial charge in [-0.25, -0.2) is 4.98 Å². The third kappa shape index (κ3) is 2.62. The number of rotatable bonds is 4. The predicted octanol–water partition coefficient (Wildman–Crippen LogP) is 2.40. The van der Waals surface area contributed by atoms with Gasteiger partial charge in [-0.05, 0) is 12.1 Å². The van der Waals surface area contributed by atoms with Crippen LogP contribution in [0.4, 0.5) is 0 Å². The Hall–Kier alpha value is -1.33. The van der Waals surface area contributed by atoms with E-state index in [4.69, 9.17) is 16.0 Å². The number of aromatic nitrogens is 1. The fourth-order valence-electron chi connectivity index (χ4n) is 1.16. The summed E-state index contributed by atoms with van der Waals surface area (Å²) in [5, 5.41) is 5.43. The van der Waals surface area contributed by atoms with Crippen molar-refractivity contribution in [2.45, 2.75) is 12.4 Å². The van der Waals surface area contributed by atoms with Crippen molar-refractivity contribution >= 4 is 28.8 Å². The zero-order valence-corrected chi connectivity index (χ0v) is 9.85. The molecule has 0 spiro atoms. The highest BCUT2D eigenvalue weighted by Crippen LogP contribution is 2.10. The molecule has 4 nitrogen and oxygen atoms in total. The third-order valence-electron chi connectivity index (χ3n) is 1.90. The normalized spacial score (nSPS) is 10.3. The smallest absolute Gasteiger partial charge is 0.287 e. The number of hydrogen-bond acceptors (Lipinski definition) is 4. The van der Waals surface area contributed by atoms with Crippen LogP contribution in [0.1, 0.15) is 21.3 Å². The molecule has 0 aliphatic rings. The van der Waals surface area contributed by atoms with E-state index < -0.39 is 0 Å². The van der Waals surface area contributed by atoms with Crippen molar-refractivity contribution in [2.24, 2.45) is 0 Å². The topological polar surface area (TPSA) is 55.1 Å². The Balaban J connectivity index is 1.93. The van der Waals surface area contributed by atoms with Crippen molar-refractivity contribution in [1.29, 1.82) is 0 Å². The van der Waals surface area contributed by atoms with Crippen LogP contribution in [0.25, 0.3) is 0 Å². The number of nitrogens with one attached hydrogen (secondary N) is 1. The SMILES string of the molecule is O=C(NCc1nccs1)c1ccc(CCl)o1. The number of carbonyl (C=O) groups excluding carboxylic acids is 1. The molecule has 0 aliphatic carbocycles. The molecule has 1 amide bonds. The Morgan fingerprint density at radius 1 is 1.56 bits per heavy atom. The second-order valence-electron chi connectivity index (χ2n) is 3.01. The minimum atomic E-state index is -0.258. The van der Waals surface area contributed by atoms with Crippen molar-refractivity contribution in [1.82, 2.24) is 10.3 Å². The molecule has 0 aliphatic heterocycles. The molecule has 0 fully saturated rings. The number of carbonyl (C=O) groups is 1. The first-order chi connectivity index (χ1) is 7.79. The third-order valence-corrected chi connectivity index (χ3v) is 2.94. The van der Waals surface area contributed by atoms with Crippen LogP contribution in [0.15, 0.2) is 28.1 Å². The molecular weight excluding hydrogens is 248 g/mol. The summed E-state index contributed by atoms with van der Waals surface area (Å²) in [5.74, 6) is 0.861. The molecule has 0 aromatic carbocycles. The lowest BCUT2D eigenvalue weighted by atomic mass is 10.4. The number of thiazole rings is 1. The summed E-state index contributed by atoms with van der Waals surface area (Å²) >= 11 is 7.06. The lowest BCUT2D eigenvalue weighted by Gasteiger charge is -1.99. The molecule has 0 bridgehead atoms. The maximum atomic E-state index is 11.6. The zero-order valence-electron chi connectivity index (χ0n) is 8.27. The van der Waals surface area contributed by atoms with Crippen LogP contribution in [0.5, 0.6) is 0 Å². The summed E-state index contributed by atoms with van der Waals surface area (Å²) in [5.41, 5.74) is 0. The number of furan rings is 1. The number of alkyl halides is 1. The van der Waals surface area contributed by atoms with Crippen LogP contribution in [-0.2, 0) is 12.4 Å². The summed E-state index contributed by atoms with van der Waals surface area (Å²) in [6.45, 7) is 0.410. The van der Waals surface area contributed by atoms with Gasteiger partial charge in [0.25, 0.3) is 5.91 Å².